The van der Waals surface area contributed by atoms with Gasteiger partial charge in [0.15, 0.2) is 0 Å². The maximum absolute atomic E-state index is 9.23. The molecule has 0 radical (unpaired) electrons. The number of nitrogens with zero attached hydrogens (tertiary/aromatic N) is 3. The molecule has 0 aromatic heterocycles. The Balaban J connectivity index is 0.000000233. The second-order valence-electron chi connectivity index (χ2n) is 9.94. The van der Waals surface area contributed by atoms with Crippen LogP contribution in [0, 0.1) is 0 Å². The van der Waals surface area contributed by atoms with Gasteiger partial charge in [0.1, 0.15) is 0 Å². The highest BCUT2D eigenvalue weighted by Gasteiger charge is 2.15. The largest absolute Gasteiger partial charge is 0.393 e. The zero-order valence-corrected chi connectivity index (χ0v) is 21.6. The van der Waals surface area contributed by atoms with Crippen LogP contribution in [0.5, 0.6) is 0 Å². The third-order valence-corrected chi connectivity index (χ3v) is 6.94. The monoisotopic (exact) mass is 439 g/mol. The molecule has 0 aromatic rings. The molecule has 186 valence electrons. The van der Waals surface area contributed by atoms with E-state index in [4.69, 9.17) is 0 Å². The molecule has 0 spiro atoms. The zero-order valence-electron chi connectivity index (χ0n) is 21.6. The molecule has 0 atom stereocenters. The summed E-state index contributed by atoms with van der Waals surface area (Å²) in [4.78, 5) is 7.66. The van der Waals surface area contributed by atoms with E-state index in [1.807, 2.05) is 0 Å². The van der Waals surface area contributed by atoms with Crippen LogP contribution >= 0.6 is 0 Å². The molecule has 3 aliphatic rings. The number of likely N-dealkylation sites (tertiary alicyclic amines) is 3. The fourth-order valence-electron chi connectivity index (χ4n) is 4.65. The molecule has 0 saturated carbocycles. The number of hydrogen-bond acceptors (Lipinski definition) is 4. The quantitative estimate of drug-likeness (QED) is 0.492. The van der Waals surface area contributed by atoms with Crippen LogP contribution in [-0.2, 0) is 0 Å². The van der Waals surface area contributed by atoms with Gasteiger partial charge in [-0.15, -0.1) is 0 Å². The summed E-state index contributed by atoms with van der Waals surface area (Å²) in [6.07, 6.45) is 18.6. The number of aliphatic hydroxyl groups excluding tert-OH is 1. The van der Waals surface area contributed by atoms with Crippen molar-refractivity contribution in [2.45, 2.75) is 117 Å². The lowest BCUT2D eigenvalue weighted by atomic mass is 10.1. The molecule has 1 N–H and O–H groups in total. The molecule has 3 rings (SSSR count). The predicted octanol–water partition coefficient (Wildman–Crippen LogP) is 5.79. The van der Waals surface area contributed by atoms with Crippen molar-refractivity contribution in [3.05, 3.63) is 0 Å². The zero-order chi connectivity index (χ0) is 22.6. The number of unbranched alkanes of at least 4 members (excludes halogenated alkanes) is 3. The third-order valence-electron chi connectivity index (χ3n) is 6.94. The molecule has 31 heavy (non-hydrogen) atoms. The van der Waals surface area contributed by atoms with Gasteiger partial charge in [0.2, 0.25) is 0 Å². The van der Waals surface area contributed by atoms with E-state index in [0.29, 0.717) is 0 Å². The maximum Gasteiger partial charge on any atom is 0.0564 e. The van der Waals surface area contributed by atoms with Crippen molar-refractivity contribution in [2.24, 2.45) is 0 Å². The summed E-state index contributed by atoms with van der Waals surface area (Å²) in [6.45, 7) is 18.3. The summed E-state index contributed by atoms with van der Waals surface area (Å²) in [6, 6.07) is 0. The molecular formula is C27H57N3O. The third kappa shape index (κ3) is 16.2. The molecule has 3 saturated heterocycles. The van der Waals surface area contributed by atoms with Crippen LogP contribution < -0.4 is 0 Å². The number of rotatable bonds is 9. The summed E-state index contributed by atoms with van der Waals surface area (Å²) in [5.74, 6) is 0. The second-order valence-corrected chi connectivity index (χ2v) is 9.94. The van der Waals surface area contributed by atoms with Crippen LogP contribution in [0.4, 0.5) is 0 Å². The minimum Gasteiger partial charge on any atom is -0.393 e. The fourth-order valence-corrected chi connectivity index (χ4v) is 4.65. The van der Waals surface area contributed by atoms with Crippen molar-refractivity contribution in [1.29, 1.82) is 0 Å². The summed E-state index contributed by atoms with van der Waals surface area (Å²) >= 11 is 0. The molecular weight excluding hydrogens is 382 g/mol. The standard InChI is InChI=1S/C9H19NO.2C9H19N/c1-2-3-6-10-7-4-9(11)5-8-10;2*1-2-3-7-10-8-5-4-6-9-10/h9,11H,2-8H2,1H3;2*2-9H2,1H3. The van der Waals surface area contributed by atoms with Gasteiger partial charge >= 0.3 is 0 Å². The van der Waals surface area contributed by atoms with Crippen LogP contribution in [-0.4, -0.2) is 84.8 Å². The van der Waals surface area contributed by atoms with E-state index in [1.165, 1.54) is 123 Å². The number of piperidine rings is 3. The Morgan fingerprint density at radius 3 is 1.16 bits per heavy atom. The highest BCUT2D eigenvalue weighted by Crippen LogP contribution is 2.11. The Morgan fingerprint density at radius 2 is 0.839 bits per heavy atom. The van der Waals surface area contributed by atoms with Gasteiger partial charge in [0.25, 0.3) is 0 Å². The summed E-state index contributed by atoms with van der Waals surface area (Å²) in [5, 5.41) is 9.23. The van der Waals surface area contributed by atoms with Crippen molar-refractivity contribution in [2.75, 3.05) is 58.9 Å². The average Bonchev–Trinajstić information content (AvgIpc) is 2.83. The van der Waals surface area contributed by atoms with Gasteiger partial charge in [-0.3, -0.25) is 0 Å². The molecule has 3 aliphatic heterocycles. The maximum atomic E-state index is 9.23. The van der Waals surface area contributed by atoms with E-state index in [-0.39, 0.29) is 6.10 Å². The van der Waals surface area contributed by atoms with Gasteiger partial charge in [0, 0.05) is 13.1 Å². The molecule has 0 unspecified atom stereocenters. The van der Waals surface area contributed by atoms with Crippen LogP contribution in [0.2, 0.25) is 0 Å². The number of hydrogen-bond donors (Lipinski definition) is 1. The normalized spacial score (nSPS) is 21.7. The van der Waals surface area contributed by atoms with Gasteiger partial charge in [-0.05, 0) is 104 Å². The van der Waals surface area contributed by atoms with E-state index in [9.17, 15) is 5.11 Å². The van der Waals surface area contributed by atoms with E-state index in [1.54, 1.807) is 0 Å². The van der Waals surface area contributed by atoms with Gasteiger partial charge in [0.05, 0.1) is 6.10 Å². The lowest BCUT2D eigenvalue weighted by Gasteiger charge is -2.29. The van der Waals surface area contributed by atoms with Gasteiger partial charge < -0.3 is 19.8 Å². The Morgan fingerprint density at radius 1 is 0.516 bits per heavy atom. The molecule has 4 nitrogen and oxygen atoms in total. The summed E-state index contributed by atoms with van der Waals surface area (Å²) < 4.78 is 0. The molecule has 3 fully saturated rings. The van der Waals surface area contributed by atoms with Crippen molar-refractivity contribution in [3.8, 4) is 0 Å². The highest BCUT2D eigenvalue weighted by molar-refractivity contribution is 4.70. The smallest absolute Gasteiger partial charge is 0.0564 e. The van der Waals surface area contributed by atoms with Gasteiger partial charge in [-0.1, -0.05) is 52.9 Å². The lowest BCUT2D eigenvalue weighted by molar-refractivity contribution is 0.0820. The van der Waals surface area contributed by atoms with E-state index in [2.05, 4.69) is 35.5 Å². The first kappa shape index (κ1) is 28.9. The SMILES string of the molecule is CCCCN1CCC(O)CC1.CCCCN1CCCCC1.CCCCN1CCCCC1. The van der Waals surface area contributed by atoms with Crippen LogP contribution in [0.25, 0.3) is 0 Å². The summed E-state index contributed by atoms with van der Waals surface area (Å²) in [5.41, 5.74) is 0. The molecule has 0 bridgehead atoms. The first-order valence-corrected chi connectivity index (χ1v) is 14.0. The van der Waals surface area contributed by atoms with Crippen molar-refractivity contribution >= 4 is 0 Å². The van der Waals surface area contributed by atoms with Crippen LogP contribution in [0.15, 0.2) is 0 Å². The molecule has 0 amide bonds. The minimum absolute atomic E-state index is 0.0205. The van der Waals surface area contributed by atoms with Crippen molar-refractivity contribution in [1.82, 2.24) is 14.7 Å². The average molecular weight is 440 g/mol. The van der Waals surface area contributed by atoms with E-state index >= 15 is 0 Å². The van der Waals surface area contributed by atoms with E-state index < -0.39 is 0 Å². The molecule has 3 heterocycles. The first-order chi connectivity index (χ1) is 15.2. The topological polar surface area (TPSA) is 30.0 Å². The van der Waals surface area contributed by atoms with E-state index in [0.717, 1.165) is 25.9 Å². The van der Waals surface area contributed by atoms with Gasteiger partial charge in [-0.25, -0.2) is 0 Å². The predicted molar refractivity (Wildman–Crippen MR) is 137 cm³/mol. The molecule has 0 aromatic carbocycles. The summed E-state index contributed by atoms with van der Waals surface area (Å²) in [7, 11) is 0. The fraction of sp³-hybridized carbons (Fsp3) is 1.00. The minimum atomic E-state index is -0.0205. The Kier molecular flexibility index (Phi) is 19.0. The molecule has 4 heteroatoms. The Labute approximate surface area is 195 Å². The van der Waals surface area contributed by atoms with Crippen LogP contribution in [0.1, 0.15) is 111 Å². The lowest BCUT2D eigenvalue weighted by Crippen LogP contribution is -2.36. The van der Waals surface area contributed by atoms with Crippen LogP contribution in [0.3, 0.4) is 0 Å². The Bertz CT molecular complexity index is 335. The highest BCUT2D eigenvalue weighted by atomic mass is 16.3. The second kappa shape index (κ2) is 20.4. The molecule has 0 aliphatic carbocycles. The Hall–Kier alpha value is -0.160. The first-order valence-electron chi connectivity index (χ1n) is 14.0. The van der Waals surface area contributed by atoms with Crippen molar-refractivity contribution < 1.29 is 5.11 Å². The number of aliphatic hydroxyl groups is 1. The van der Waals surface area contributed by atoms with Crippen molar-refractivity contribution in [3.63, 3.8) is 0 Å². The van der Waals surface area contributed by atoms with Gasteiger partial charge in [-0.2, -0.15) is 0 Å².